The Bertz CT molecular complexity index is 875. The molecule has 2 fully saturated rings. The van der Waals surface area contributed by atoms with Crippen molar-refractivity contribution in [1.82, 2.24) is 14.2 Å². The van der Waals surface area contributed by atoms with Gasteiger partial charge in [0.15, 0.2) is 0 Å². The zero-order valence-corrected chi connectivity index (χ0v) is 17.5. The van der Waals surface area contributed by atoms with Gasteiger partial charge in [-0.2, -0.15) is 4.31 Å². The first kappa shape index (κ1) is 19.9. The summed E-state index contributed by atoms with van der Waals surface area (Å²) < 4.78 is 28.1. The van der Waals surface area contributed by atoms with Gasteiger partial charge in [-0.15, -0.1) is 0 Å². The average molecular weight is 424 g/mol. The zero-order chi connectivity index (χ0) is 19.7. The molecule has 1 saturated carbocycles. The van der Waals surface area contributed by atoms with E-state index in [1.807, 2.05) is 4.90 Å². The summed E-state index contributed by atoms with van der Waals surface area (Å²) in [4.78, 5) is 19.1. The summed E-state index contributed by atoms with van der Waals surface area (Å²) in [5.41, 5.74) is 0.642. The van der Waals surface area contributed by atoms with Gasteiger partial charge < -0.3 is 4.90 Å². The summed E-state index contributed by atoms with van der Waals surface area (Å²) in [6.45, 7) is 1.50. The van der Waals surface area contributed by atoms with Crippen molar-refractivity contribution < 1.29 is 13.2 Å². The van der Waals surface area contributed by atoms with Crippen molar-refractivity contribution in [1.29, 1.82) is 0 Å². The van der Waals surface area contributed by atoms with Crippen molar-refractivity contribution >= 4 is 27.5 Å². The van der Waals surface area contributed by atoms with Crippen molar-refractivity contribution in [3.63, 3.8) is 0 Å². The quantitative estimate of drug-likeness (QED) is 0.697. The molecule has 3 aliphatic rings. The fraction of sp³-hybridized carbons (Fsp3) is 0.600. The highest BCUT2D eigenvalue weighted by atomic mass is 35.5. The molecule has 0 radical (unpaired) electrons. The number of hydrogen-bond donors (Lipinski definition) is 0. The highest BCUT2D eigenvalue weighted by molar-refractivity contribution is 7.89. The minimum atomic E-state index is -3.67. The number of halogens is 1. The summed E-state index contributed by atoms with van der Waals surface area (Å²) in [6, 6.07) is 1.53. The molecule has 0 unspecified atom stereocenters. The van der Waals surface area contributed by atoms with Gasteiger partial charge >= 0.3 is 0 Å². The normalized spacial score (nSPS) is 24.2. The van der Waals surface area contributed by atoms with E-state index in [-0.39, 0.29) is 22.6 Å². The predicted molar refractivity (Wildman–Crippen MR) is 108 cm³/mol. The molecule has 0 aromatic carbocycles. The van der Waals surface area contributed by atoms with Crippen LogP contribution in [0.4, 0.5) is 0 Å². The van der Waals surface area contributed by atoms with Crippen LogP contribution in [0.5, 0.6) is 0 Å². The molecule has 6 nitrogen and oxygen atoms in total. The zero-order valence-electron chi connectivity index (χ0n) is 15.9. The van der Waals surface area contributed by atoms with Gasteiger partial charge in [0.2, 0.25) is 15.9 Å². The predicted octanol–water partition coefficient (Wildman–Crippen LogP) is 3.19. The molecule has 1 aliphatic heterocycles. The number of aromatic nitrogens is 1. The highest BCUT2D eigenvalue weighted by Gasteiger charge is 2.36. The van der Waals surface area contributed by atoms with Gasteiger partial charge in [-0.05, 0) is 38.2 Å². The van der Waals surface area contributed by atoms with Crippen LogP contribution in [0.15, 0.2) is 29.3 Å². The third-order valence-corrected chi connectivity index (χ3v) is 8.26. The lowest BCUT2D eigenvalue weighted by atomic mass is 9.83. The number of amides is 1. The third-order valence-electron chi connectivity index (χ3n) is 6.13. The van der Waals surface area contributed by atoms with E-state index in [0.29, 0.717) is 36.9 Å². The molecule has 2 heterocycles. The lowest BCUT2D eigenvalue weighted by Crippen LogP contribution is -2.52. The number of nitrogens with zero attached hydrogens (tertiary/aromatic N) is 3. The fourth-order valence-corrected chi connectivity index (χ4v) is 6.09. The number of allylic oxidation sites excluding steroid dienone is 2. The lowest BCUT2D eigenvalue weighted by Gasteiger charge is -2.36. The van der Waals surface area contributed by atoms with Crippen LogP contribution in [0.2, 0.25) is 5.02 Å². The average Bonchev–Trinajstić information content (AvgIpc) is 2.68. The Morgan fingerprint density at radius 3 is 2.46 bits per heavy atom. The van der Waals surface area contributed by atoms with Crippen LogP contribution in [0.1, 0.15) is 50.1 Å². The largest absolute Gasteiger partial charge is 0.340 e. The number of piperazine rings is 1. The van der Waals surface area contributed by atoms with E-state index in [0.717, 1.165) is 38.5 Å². The number of carbonyl (C=O) groups is 1. The van der Waals surface area contributed by atoms with Gasteiger partial charge in [-0.25, -0.2) is 8.42 Å². The minimum absolute atomic E-state index is 0.0375. The summed E-state index contributed by atoms with van der Waals surface area (Å²) in [6.07, 6.45) is 11.4. The Morgan fingerprint density at radius 2 is 1.86 bits per heavy atom. The second-order valence-electron chi connectivity index (χ2n) is 7.88. The number of pyridine rings is 1. The van der Waals surface area contributed by atoms with Crippen LogP contribution in [0, 0.1) is 5.92 Å². The molecule has 152 valence electrons. The maximum absolute atomic E-state index is 13.3. The summed E-state index contributed by atoms with van der Waals surface area (Å²) >= 11 is 6.07. The number of hydrogen-bond acceptors (Lipinski definition) is 4. The van der Waals surface area contributed by atoms with Crippen molar-refractivity contribution in [3.05, 3.63) is 35.1 Å². The molecule has 1 saturated heterocycles. The first-order chi connectivity index (χ1) is 13.5. The van der Waals surface area contributed by atoms with Gasteiger partial charge in [-0.1, -0.05) is 30.2 Å². The second kappa shape index (κ2) is 8.13. The fourth-order valence-electron chi connectivity index (χ4n) is 4.19. The Kier molecular flexibility index (Phi) is 5.76. The maximum atomic E-state index is 13.3. The van der Waals surface area contributed by atoms with Crippen LogP contribution < -0.4 is 0 Å². The first-order valence-corrected chi connectivity index (χ1v) is 11.9. The van der Waals surface area contributed by atoms with Gasteiger partial charge in [0.25, 0.3) is 0 Å². The highest BCUT2D eigenvalue weighted by Crippen LogP contribution is 2.39. The monoisotopic (exact) mass is 423 g/mol. The number of carbonyl (C=O) groups excluding carboxylic acids is 1. The van der Waals surface area contributed by atoms with E-state index in [1.54, 1.807) is 0 Å². The third kappa shape index (κ3) is 3.84. The summed E-state index contributed by atoms with van der Waals surface area (Å²) in [5, 5.41) is 0.334. The summed E-state index contributed by atoms with van der Waals surface area (Å²) in [5.74, 6) is 0.390. The summed E-state index contributed by atoms with van der Waals surface area (Å²) in [7, 11) is -3.67. The molecule has 0 spiro atoms. The standard InChI is InChI=1S/C20H26ClN3O3S/c21-17-13-18(19(22-14-17)15-7-4-8-15)28(26,27)24-11-9-23(10-12-24)20(25)16-5-2-1-3-6-16/h1-2,13-16H,3-12H2/t16-/m0/s1. The number of rotatable bonds is 4. The molecule has 1 atom stereocenters. The molecule has 1 aromatic rings. The first-order valence-electron chi connectivity index (χ1n) is 10.1. The SMILES string of the molecule is O=C([C@H]1CC=CCC1)N1CCN(S(=O)(=O)c2cc(Cl)cnc2C2CCC2)CC1. The Hall–Kier alpha value is -1.44. The molecule has 0 N–H and O–H groups in total. The number of sulfonamides is 1. The Labute approximate surface area is 171 Å². The molecule has 8 heteroatoms. The van der Waals surface area contributed by atoms with Crippen molar-refractivity contribution in [2.75, 3.05) is 26.2 Å². The van der Waals surface area contributed by atoms with Crippen LogP contribution in [-0.2, 0) is 14.8 Å². The van der Waals surface area contributed by atoms with Crippen LogP contribution in [0.3, 0.4) is 0 Å². The minimum Gasteiger partial charge on any atom is -0.340 e. The Balaban J connectivity index is 1.47. The molecular formula is C20H26ClN3O3S. The topological polar surface area (TPSA) is 70.6 Å². The van der Waals surface area contributed by atoms with Crippen molar-refractivity contribution in [3.8, 4) is 0 Å². The van der Waals surface area contributed by atoms with E-state index >= 15 is 0 Å². The van der Waals surface area contributed by atoms with E-state index in [1.165, 1.54) is 16.6 Å². The second-order valence-corrected chi connectivity index (χ2v) is 10.2. The van der Waals surface area contributed by atoms with Gasteiger partial charge in [0, 0.05) is 44.2 Å². The van der Waals surface area contributed by atoms with Gasteiger partial charge in [0.1, 0.15) is 4.90 Å². The molecule has 28 heavy (non-hydrogen) atoms. The van der Waals surface area contributed by atoms with Gasteiger partial charge in [-0.3, -0.25) is 9.78 Å². The molecular weight excluding hydrogens is 398 g/mol. The van der Waals surface area contributed by atoms with E-state index < -0.39 is 10.0 Å². The van der Waals surface area contributed by atoms with Crippen LogP contribution in [0.25, 0.3) is 0 Å². The molecule has 2 aliphatic carbocycles. The van der Waals surface area contributed by atoms with Crippen molar-refractivity contribution in [2.45, 2.75) is 49.3 Å². The molecule has 1 amide bonds. The smallest absolute Gasteiger partial charge is 0.245 e. The van der Waals surface area contributed by atoms with Crippen molar-refractivity contribution in [2.24, 2.45) is 5.92 Å². The molecule has 0 bridgehead atoms. The van der Waals surface area contributed by atoms with E-state index in [9.17, 15) is 13.2 Å². The van der Waals surface area contributed by atoms with Crippen LogP contribution >= 0.6 is 11.6 Å². The molecule has 1 aromatic heterocycles. The van der Waals surface area contributed by atoms with E-state index in [4.69, 9.17) is 11.6 Å². The molecule has 4 rings (SSSR count). The Morgan fingerprint density at radius 1 is 1.11 bits per heavy atom. The van der Waals surface area contributed by atoms with Crippen LogP contribution in [-0.4, -0.2) is 54.7 Å². The van der Waals surface area contributed by atoms with Gasteiger partial charge in [0.05, 0.1) is 10.7 Å². The lowest BCUT2D eigenvalue weighted by molar-refractivity contribution is -0.137. The maximum Gasteiger partial charge on any atom is 0.245 e. The van der Waals surface area contributed by atoms with E-state index in [2.05, 4.69) is 17.1 Å².